The molecule has 0 spiro atoms. The first-order valence-electron chi connectivity index (χ1n) is 8.78. The van der Waals surface area contributed by atoms with Crippen LogP contribution in [0, 0.1) is 0 Å². The zero-order valence-corrected chi connectivity index (χ0v) is 15.7. The lowest BCUT2D eigenvalue weighted by Gasteiger charge is -2.27. The minimum absolute atomic E-state index is 0.168. The van der Waals surface area contributed by atoms with Crippen LogP contribution in [-0.4, -0.2) is 52.9 Å². The Morgan fingerprint density at radius 2 is 2.07 bits per heavy atom. The van der Waals surface area contributed by atoms with Gasteiger partial charge in [0.15, 0.2) is 9.84 Å². The molecule has 0 saturated carbocycles. The molecule has 1 saturated heterocycles. The topological polar surface area (TPSA) is 114 Å². The van der Waals surface area contributed by atoms with Crippen LogP contribution in [0.5, 0.6) is 0 Å². The van der Waals surface area contributed by atoms with E-state index in [1.54, 1.807) is 18.3 Å². The quantitative estimate of drug-likeness (QED) is 0.664. The standard InChI is InChI=1S/C18H20N6O2S/c1-27(25,26)16-4-2-3-15(17(16)18-21-23-24-22-18)12-5-6-13(20-11-12)7-8-14-9-10-19-14/h2-6,11,14,19H,7-10H2,1H3,(H,21,22,23,24). The number of tetrazole rings is 1. The van der Waals surface area contributed by atoms with E-state index in [4.69, 9.17) is 0 Å². The Bertz CT molecular complexity index is 1030. The summed E-state index contributed by atoms with van der Waals surface area (Å²) in [6.07, 6.45) is 6.16. The maximum Gasteiger partial charge on any atom is 0.206 e. The van der Waals surface area contributed by atoms with Crippen LogP contribution >= 0.6 is 0 Å². The van der Waals surface area contributed by atoms with Crippen molar-refractivity contribution in [3.63, 3.8) is 0 Å². The first-order chi connectivity index (χ1) is 13.0. The van der Waals surface area contributed by atoms with Gasteiger partial charge in [-0.25, -0.2) is 8.42 Å². The number of aromatic nitrogens is 5. The molecule has 2 N–H and O–H groups in total. The molecular formula is C18H20N6O2S. The second kappa shape index (κ2) is 7.16. The third-order valence-electron chi connectivity index (χ3n) is 4.81. The molecule has 140 valence electrons. The van der Waals surface area contributed by atoms with E-state index in [1.807, 2.05) is 18.2 Å². The molecule has 4 rings (SSSR count). The summed E-state index contributed by atoms with van der Waals surface area (Å²) in [7, 11) is -3.46. The van der Waals surface area contributed by atoms with Gasteiger partial charge in [-0.05, 0) is 48.7 Å². The number of aryl methyl sites for hydroxylation is 1. The lowest BCUT2D eigenvalue weighted by Crippen LogP contribution is -2.42. The van der Waals surface area contributed by atoms with Crippen molar-refractivity contribution in [3.05, 3.63) is 42.2 Å². The van der Waals surface area contributed by atoms with Gasteiger partial charge in [-0.3, -0.25) is 4.98 Å². The number of aromatic amines is 1. The fourth-order valence-corrected chi connectivity index (χ4v) is 4.13. The smallest absolute Gasteiger partial charge is 0.206 e. The lowest BCUT2D eigenvalue weighted by molar-refractivity contribution is 0.350. The summed E-state index contributed by atoms with van der Waals surface area (Å²) in [6.45, 7) is 1.10. The van der Waals surface area contributed by atoms with E-state index in [1.165, 1.54) is 12.7 Å². The molecule has 9 heteroatoms. The van der Waals surface area contributed by atoms with Crippen LogP contribution in [0.1, 0.15) is 18.5 Å². The highest BCUT2D eigenvalue weighted by molar-refractivity contribution is 7.90. The number of hydrogen-bond donors (Lipinski definition) is 2. The van der Waals surface area contributed by atoms with Gasteiger partial charge in [0.05, 0.1) is 4.90 Å². The molecule has 27 heavy (non-hydrogen) atoms. The SMILES string of the molecule is CS(=O)(=O)c1cccc(-c2ccc(CCC3CCN3)nc2)c1-c1nn[nH]n1. The minimum Gasteiger partial charge on any atom is -0.314 e. The van der Waals surface area contributed by atoms with Crippen molar-refractivity contribution in [3.8, 4) is 22.5 Å². The Morgan fingerprint density at radius 3 is 2.67 bits per heavy atom. The second-order valence-corrected chi connectivity index (χ2v) is 8.69. The Hall–Kier alpha value is -2.65. The van der Waals surface area contributed by atoms with Crippen molar-refractivity contribution in [2.45, 2.75) is 30.2 Å². The largest absolute Gasteiger partial charge is 0.314 e. The third-order valence-corrected chi connectivity index (χ3v) is 5.94. The predicted octanol–water partition coefficient (Wildman–Crippen LogP) is 1.63. The number of rotatable bonds is 6. The molecule has 1 fully saturated rings. The molecule has 8 nitrogen and oxygen atoms in total. The normalized spacial score (nSPS) is 16.9. The van der Waals surface area contributed by atoms with Crippen molar-refractivity contribution >= 4 is 9.84 Å². The molecular weight excluding hydrogens is 364 g/mol. The van der Waals surface area contributed by atoms with Gasteiger partial charge >= 0.3 is 0 Å². The molecule has 1 aliphatic rings. The zero-order valence-electron chi connectivity index (χ0n) is 14.9. The molecule has 1 atom stereocenters. The van der Waals surface area contributed by atoms with E-state index < -0.39 is 9.84 Å². The fraction of sp³-hybridized carbons (Fsp3) is 0.333. The van der Waals surface area contributed by atoms with E-state index in [0.717, 1.165) is 30.6 Å². The molecule has 2 aromatic heterocycles. The van der Waals surface area contributed by atoms with E-state index in [-0.39, 0.29) is 10.7 Å². The number of pyridine rings is 1. The highest BCUT2D eigenvalue weighted by Crippen LogP contribution is 2.35. The average Bonchev–Trinajstić information content (AvgIpc) is 3.14. The van der Waals surface area contributed by atoms with Crippen molar-refractivity contribution < 1.29 is 8.42 Å². The van der Waals surface area contributed by atoms with Crippen LogP contribution in [0.2, 0.25) is 0 Å². The van der Waals surface area contributed by atoms with E-state index in [9.17, 15) is 8.42 Å². The first kappa shape index (κ1) is 17.7. The van der Waals surface area contributed by atoms with Gasteiger partial charge in [0.2, 0.25) is 5.82 Å². The number of benzene rings is 1. The number of nitrogens with zero attached hydrogens (tertiary/aromatic N) is 4. The molecule has 1 aliphatic heterocycles. The van der Waals surface area contributed by atoms with Crippen LogP contribution in [0.3, 0.4) is 0 Å². The Morgan fingerprint density at radius 1 is 1.22 bits per heavy atom. The van der Waals surface area contributed by atoms with Gasteiger partial charge < -0.3 is 5.32 Å². The summed E-state index contributed by atoms with van der Waals surface area (Å²) in [5.74, 6) is 0.242. The number of hydrogen-bond acceptors (Lipinski definition) is 7. The van der Waals surface area contributed by atoms with Gasteiger partial charge in [0.1, 0.15) is 0 Å². The summed E-state index contributed by atoms with van der Waals surface area (Å²) >= 11 is 0. The molecule has 1 aromatic carbocycles. The molecule has 3 heterocycles. The van der Waals surface area contributed by atoms with Crippen molar-refractivity contribution in [1.29, 1.82) is 0 Å². The van der Waals surface area contributed by atoms with E-state index >= 15 is 0 Å². The predicted molar refractivity (Wildman–Crippen MR) is 101 cm³/mol. The molecule has 1 unspecified atom stereocenters. The maximum absolute atomic E-state index is 12.3. The van der Waals surface area contributed by atoms with E-state index in [2.05, 4.69) is 30.9 Å². The highest BCUT2D eigenvalue weighted by atomic mass is 32.2. The summed E-state index contributed by atoms with van der Waals surface area (Å²) < 4.78 is 24.5. The van der Waals surface area contributed by atoms with Crippen LogP contribution in [0.4, 0.5) is 0 Å². The van der Waals surface area contributed by atoms with Crippen LogP contribution in [0.15, 0.2) is 41.4 Å². The second-order valence-electron chi connectivity index (χ2n) is 6.70. The summed E-state index contributed by atoms with van der Waals surface area (Å²) in [6, 6.07) is 9.66. The molecule has 0 bridgehead atoms. The van der Waals surface area contributed by atoms with Gasteiger partial charge in [-0.2, -0.15) is 5.21 Å². The zero-order chi connectivity index (χ0) is 18.9. The van der Waals surface area contributed by atoms with Gasteiger partial charge in [0, 0.05) is 35.3 Å². The Labute approximate surface area is 157 Å². The molecule has 0 aliphatic carbocycles. The van der Waals surface area contributed by atoms with Gasteiger partial charge in [-0.1, -0.05) is 18.2 Å². The Balaban J connectivity index is 1.70. The summed E-state index contributed by atoms with van der Waals surface area (Å²) in [5.41, 5.74) is 2.97. The lowest BCUT2D eigenvalue weighted by atomic mass is 9.98. The van der Waals surface area contributed by atoms with E-state index in [0.29, 0.717) is 17.2 Å². The monoisotopic (exact) mass is 384 g/mol. The minimum atomic E-state index is -3.46. The van der Waals surface area contributed by atoms with Gasteiger partial charge in [0.25, 0.3) is 0 Å². The first-order valence-corrected chi connectivity index (χ1v) is 10.7. The van der Waals surface area contributed by atoms with Crippen LogP contribution in [-0.2, 0) is 16.3 Å². The summed E-state index contributed by atoms with van der Waals surface area (Å²) in [4.78, 5) is 4.73. The molecule has 0 radical (unpaired) electrons. The Kier molecular flexibility index (Phi) is 4.71. The average molecular weight is 384 g/mol. The fourth-order valence-electron chi connectivity index (χ4n) is 3.23. The highest BCUT2D eigenvalue weighted by Gasteiger charge is 2.22. The third kappa shape index (κ3) is 3.74. The number of sulfone groups is 1. The van der Waals surface area contributed by atoms with Crippen molar-refractivity contribution in [1.82, 2.24) is 30.9 Å². The molecule has 3 aromatic rings. The number of nitrogens with one attached hydrogen (secondary N) is 2. The van der Waals surface area contributed by atoms with Crippen molar-refractivity contribution in [2.24, 2.45) is 0 Å². The maximum atomic E-state index is 12.3. The van der Waals surface area contributed by atoms with Crippen LogP contribution < -0.4 is 5.32 Å². The van der Waals surface area contributed by atoms with Crippen LogP contribution in [0.25, 0.3) is 22.5 Å². The summed E-state index contributed by atoms with van der Waals surface area (Å²) in [5, 5.41) is 17.3. The van der Waals surface area contributed by atoms with Crippen molar-refractivity contribution in [2.75, 3.05) is 12.8 Å². The van der Waals surface area contributed by atoms with Gasteiger partial charge in [-0.15, -0.1) is 10.2 Å². The number of H-pyrrole nitrogens is 1. The molecule has 0 amide bonds.